The maximum Gasteiger partial charge on any atom is 0.335 e. The highest BCUT2D eigenvalue weighted by molar-refractivity contribution is 6.30. The zero-order valence-electron chi connectivity index (χ0n) is 16.1. The molecule has 0 radical (unpaired) electrons. The molecule has 0 bridgehead atoms. The lowest BCUT2D eigenvalue weighted by Crippen LogP contribution is -2.27. The van der Waals surface area contributed by atoms with Crippen LogP contribution in [0.4, 0.5) is 4.39 Å². The SMILES string of the molecule is Cc1cc(F)ccc1Oc1ncc(Cl)cc1C(=O)N[C@@H](C)c1ccc(C(=O)O)cc1. The molecular formula is C22H18ClFN2O4. The molecule has 0 fully saturated rings. The fourth-order valence-electron chi connectivity index (χ4n) is 2.77. The van der Waals surface area contributed by atoms with Gasteiger partial charge in [-0.05, 0) is 61.4 Å². The van der Waals surface area contributed by atoms with Crippen LogP contribution in [0.2, 0.25) is 5.02 Å². The zero-order valence-corrected chi connectivity index (χ0v) is 16.9. The fraction of sp³-hybridized carbons (Fsp3) is 0.136. The van der Waals surface area contributed by atoms with Crippen LogP contribution in [0.25, 0.3) is 0 Å². The van der Waals surface area contributed by atoms with E-state index in [1.165, 1.54) is 42.6 Å². The number of hydrogen-bond donors (Lipinski definition) is 2. The molecule has 0 unspecified atom stereocenters. The van der Waals surface area contributed by atoms with E-state index in [0.717, 1.165) is 5.56 Å². The number of hydrogen-bond acceptors (Lipinski definition) is 4. The first-order chi connectivity index (χ1) is 14.2. The van der Waals surface area contributed by atoms with E-state index in [0.29, 0.717) is 11.3 Å². The number of nitrogens with zero attached hydrogens (tertiary/aromatic N) is 1. The minimum atomic E-state index is -1.03. The Balaban J connectivity index is 1.82. The maximum atomic E-state index is 13.3. The first-order valence-corrected chi connectivity index (χ1v) is 9.36. The predicted molar refractivity (Wildman–Crippen MR) is 110 cm³/mol. The molecule has 154 valence electrons. The summed E-state index contributed by atoms with van der Waals surface area (Å²) in [6.45, 7) is 3.44. The van der Waals surface area contributed by atoms with Gasteiger partial charge >= 0.3 is 5.97 Å². The lowest BCUT2D eigenvalue weighted by atomic mass is 10.1. The van der Waals surface area contributed by atoms with Gasteiger partial charge in [-0.25, -0.2) is 14.2 Å². The van der Waals surface area contributed by atoms with Gasteiger partial charge in [0, 0.05) is 6.20 Å². The van der Waals surface area contributed by atoms with Crippen molar-refractivity contribution < 1.29 is 23.8 Å². The quantitative estimate of drug-likeness (QED) is 0.565. The van der Waals surface area contributed by atoms with Gasteiger partial charge in [0.2, 0.25) is 5.88 Å². The van der Waals surface area contributed by atoms with E-state index in [1.807, 2.05) is 0 Å². The summed E-state index contributed by atoms with van der Waals surface area (Å²) in [6, 6.07) is 11.2. The van der Waals surface area contributed by atoms with Gasteiger partial charge < -0.3 is 15.2 Å². The van der Waals surface area contributed by atoms with Gasteiger partial charge in [-0.2, -0.15) is 0 Å². The normalized spacial score (nSPS) is 11.6. The molecular weight excluding hydrogens is 411 g/mol. The molecule has 1 amide bonds. The molecule has 2 N–H and O–H groups in total. The minimum Gasteiger partial charge on any atom is -0.478 e. The summed E-state index contributed by atoms with van der Waals surface area (Å²) in [5, 5.41) is 12.1. The van der Waals surface area contributed by atoms with E-state index in [2.05, 4.69) is 10.3 Å². The molecule has 0 aliphatic carbocycles. The van der Waals surface area contributed by atoms with Crippen molar-refractivity contribution in [3.8, 4) is 11.6 Å². The van der Waals surface area contributed by atoms with Gasteiger partial charge in [-0.15, -0.1) is 0 Å². The van der Waals surface area contributed by atoms with Crippen LogP contribution in [0.15, 0.2) is 54.7 Å². The number of carboxylic acids is 1. The van der Waals surface area contributed by atoms with Crippen LogP contribution < -0.4 is 10.1 Å². The number of halogens is 2. The molecule has 3 rings (SSSR count). The van der Waals surface area contributed by atoms with Gasteiger partial charge in [0.05, 0.1) is 16.6 Å². The number of pyridine rings is 1. The molecule has 0 spiro atoms. The average Bonchev–Trinajstić information content (AvgIpc) is 2.71. The number of carboxylic acid groups (broad SMARTS) is 1. The van der Waals surface area contributed by atoms with Gasteiger partial charge in [0.1, 0.15) is 17.1 Å². The van der Waals surface area contributed by atoms with Crippen molar-refractivity contribution >= 4 is 23.5 Å². The topological polar surface area (TPSA) is 88.5 Å². The largest absolute Gasteiger partial charge is 0.478 e. The Morgan fingerprint density at radius 2 is 1.87 bits per heavy atom. The van der Waals surface area contributed by atoms with E-state index in [1.54, 1.807) is 26.0 Å². The van der Waals surface area contributed by atoms with Gasteiger partial charge in [-0.1, -0.05) is 23.7 Å². The maximum absolute atomic E-state index is 13.3. The summed E-state index contributed by atoms with van der Waals surface area (Å²) in [5.74, 6) is -1.52. The Morgan fingerprint density at radius 3 is 2.50 bits per heavy atom. The van der Waals surface area contributed by atoms with E-state index in [4.69, 9.17) is 21.4 Å². The van der Waals surface area contributed by atoms with E-state index in [9.17, 15) is 14.0 Å². The highest BCUT2D eigenvalue weighted by Gasteiger charge is 2.19. The smallest absolute Gasteiger partial charge is 0.335 e. The van der Waals surface area contributed by atoms with Crippen LogP contribution in [0.3, 0.4) is 0 Å². The second-order valence-corrected chi connectivity index (χ2v) is 7.08. The second-order valence-electron chi connectivity index (χ2n) is 6.64. The van der Waals surface area contributed by atoms with Crippen LogP contribution in [0.5, 0.6) is 11.6 Å². The molecule has 30 heavy (non-hydrogen) atoms. The summed E-state index contributed by atoms with van der Waals surface area (Å²) >= 11 is 6.01. The molecule has 1 atom stereocenters. The van der Waals surface area contributed by atoms with E-state index < -0.39 is 23.7 Å². The highest BCUT2D eigenvalue weighted by Crippen LogP contribution is 2.28. The third kappa shape index (κ3) is 4.93. The van der Waals surface area contributed by atoms with Crippen LogP contribution in [-0.2, 0) is 0 Å². The van der Waals surface area contributed by atoms with Crippen molar-refractivity contribution in [1.82, 2.24) is 10.3 Å². The first-order valence-electron chi connectivity index (χ1n) is 8.98. The number of amides is 1. The van der Waals surface area contributed by atoms with Gasteiger partial charge in [0.15, 0.2) is 0 Å². The molecule has 0 aliphatic heterocycles. The van der Waals surface area contributed by atoms with Gasteiger partial charge in [0.25, 0.3) is 5.91 Å². The number of rotatable bonds is 6. The summed E-state index contributed by atoms with van der Waals surface area (Å²) < 4.78 is 19.1. The van der Waals surface area contributed by atoms with Crippen LogP contribution in [0.1, 0.15) is 44.8 Å². The molecule has 0 saturated heterocycles. The van der Waals surface area contributed by atoms with E-state index in [-0.39, 0.29) is 22.0 Å². The van der Waals surface area contributed by atoms with Crippen LogP contribution >= 0.6 is 11.6 Å². The number of ether oxygens (including phenoxy) is 1. The van der Waals surface area contributed by atoms with Crippen LogP contribution in [0, 0.1) is 12.7 Å². The van der Waals surface area contributed by atoms with Crippen molar-refractivity contribution in [2.45, 2.75) is 19.9 Å². The highest BCUT2D eigenvalue weighted by atomic mass is 35.5. The summed E-state index contributed by atoms with van der Waals surface area (Å²) in [6.07, 6.45) is 1.35. The summed E-state index contributed by atoms with van der Waals surface area (Å²) in [7, 11) is 0. The van der Waals surface area contributed by atoms with Crippen molar-refractivity contribution in [3.63, 3.8) is 0 Å². The Bertz CT molecular complexity index is 1100. The fourth-order valence-corrected chi connectivity index (χ4v) is 2.93. The van der Waals surface area contributed by atoms with Gasteiger partial charge in [-0.3, -0.25) is 4.79 Å². The number of carbonyl (C=O) groups excluding carboxylic acids is 1. The average molecular weight is 429 g/mol. The Labute approximate surface area is 177 Å². The van der Waals surface area contributed by atoms with Crippen molar-refractivity contribution in [2.75, 3.05) is 0 Å². The van der Waals surface area contributed by atoms with E-state index >= 15 is 0 Å². The number of benzene rings is 2. The Hall–Kier alpha value is -3.45. The Kier molecular flexibility index (Phi) is 6.32. The molecule has 3 aromatic rings. The lowest BCUT2D eigenvalue weighted by Gasteiger charge is -2.16. The minimum absolute atomic E-state index is 0.0278. The van der Waals surface area contributed by atoms with Crippen molar-refractivity contribution in [2.24, 2.45) is 0 Å². The molecule has 1 aromatic heterocycles. The third-order valence-electron chi connectivity index (χ3n) is 4.41. The number of carbonyl (C=O) groups is 2. The Morgan fingerprint density at radius 1 is 1.17 bits per heavy atom. The van der Waals surface area contributed by atoms with Crippen molar-refractivity contribution in [1.29, 1.82) is 0 Å². The number of nitrogens with one attached hydrogen (secondary N) is 1. The standard InChI is InChI=1S/C22H18ClFN2O4/c1-12-9-17(24)7-8-19(12)30-21-18(10-16(23)11-25-21)20(27)26-13(2)14-3-5-15(6-4-14)22(28)29/h3-11,13H,1-2H3,(H,26,27)(H,28,29)/t13-/m0/s1. The third-order valence-corrected chi connectivity index (χ3v) is 4.62. The molecule has 8 heteroatoms. The number of aryl methyl sites for hydroxylation is 1. The zero-order chi connectivity index (χ0) is 21.8. The van der Waals surface area contributed by atoms with Crippen LogP contribution in [-0.4, -0.2) is 22.0 Å². The molecule has 2 aromatic carbocycles. The molecule has 1 heterocycles. The summed E-state index contributed by atoms with van der Waals surface area (Å²) in [5.41, 5.74) is 1.53. The lowest BCUT2D eigenvalue weighted by molar-refractivity contribution is 0.0696. The number of aromatic nitrogens is 1. The first kappa shape index (κ1) is 21.3. The number of aromatic carboxylic acids is 1. The molecule has 0 saturated carbocycles. The monoisotopic (exact) mass is 428 g/mol. The second kappa shape index (κ2) is 8.92. The summed E-state index contributed by atoms with van der Waals surface area (Å²) in [4.78, 5) is 27.9. The molecule has 0 aliphatic rings. The molecule has 6 nitrogen and oxygen atoms in total. The predicted octanol–water partition coefficient (Wildman–Crippen LogP) is 5.16. The van der Waals surface area contributed by atoms with Crippen molar-refractivity contribution in [3.05, 3.63) is 87.8 Å².